The van der Waals surface area contributed by atoms with E-state index in [1.165, 1.54) is 0 Å². The third kappa shape index (κ3) is 2.78. The highest BCUT2D eigenvalue weighted by Crippen LogP contribution is 2.16. The quantitative estimate of drug-likeness (QED) is 0.937. The summed E-state index contributed by atoms with van der Waals surface area (Å²) >= 11 is 0. The molecule has 5 heteroatoms. The van der Waals surface area contributed by atoms with Crippen LogP contribution in [0.4, 0.5) is 0 Å². The summed E-state index contributed by atoms with van der Waals surface area (Å²) in [5.41, 5.74) is 3.41. The molecule has 1 N–H and O–H groups in total. The van der Waals surface area contributed by atoms with E-state index < -0.39 is 0 Å². The van der Waals surface area contributed by atoms with Gasteiger partial charge in [0.05, 0.1) is 11.8 Å². The summed E-state index contributed by atoms with van der Waals surface area (Å²) in [5, 5.41) is 2.99. The van der Waals surface area contributed by atoms with Crippen molar-refractivity contribution < 1.29 is 9.53 Å². The zero-order chi connectivity index (χ0) is 14.8. The minimum Gasteiger partial charge on any atom is -0.376 e. The standard InChI is InChI=1S/C16H21N3O2/c1-3-13-15(16(20)17-9-12-5-4-8-21-12)19-10-11(2)6-7-14(19)18-13/h6-7,10,12H,3-5,8-9H2,1-2H3,(H,17,20). The van der Waals surface area contributed by atoms with Crippen LogP contribution in [0.2, 0.25) is 0 Å². The monoisotopic (exact) mass is 287 g/mol. The molecule has 1 aliphatic rings. The average Bonchev–Trinajstić information content (AvgIpc) is 3.11. The zero-order valence-corrected chi connectivity index (χ0v) is 12.6. The second-order valence-electron chi connectivity index (χ2n) is 5.54. The maximum absolute atomic E-state index is 12.5. The molecular formula is C16H21N3O2. The zero-order valence-electron chi connectivity index (χ0n) is 12.6. The van der Waals surface area contributed by atoms with E-state index >= 15 is 0 Å². The first-order chi connectivity index (χ1) is 10.2. The first-order valence-electron chi connectivity index (χ1n) is 7.56. The molecule has 5 nitrogen and oxygen atoms in total. The van der Waals surface area contributed by atoms with Gasteiger partial charge in [0.2, 0.25) is 0 Å². The number of fused-ring (bicyclic) bond motifs is 1. The third-order valence-corrected chi connectivity index (χ3v) is 3.90. The van der Waals surface area contributed by atoms with Gasteiger partial charge in [-0.25, -0.2) is 4.98 Å². The van der Waals surface area contributed by atoms with Crippen molar-refractivity contribution in [2.75, 3.05) is 13.2 Å². The molecule has 0 aliphatic carbocycles. The molecule has 1 unspecified atom stereocenters. The second-order valence-corrected chi connectivity index (χ2v) is 5.54. The minimum atomic E-state index is -0.0690. The molecule has 1 saturated heterocycles. The Morgan fingerprint density at radius 2 is 2.38 bits per heavy atom. The van der Waals surface area contributed by atoms with Crippen LogP contribution in [0.15, 0.2) is 18.3 Å². The minimum absolute atomic E-state index is 0.0690. The summed E-state index contributed by atoms with van der Waals surface area (Å²) in [6.45, 7) is 5.40. The number of carbonyl (C=O) groups excluding carboxylic acids is 1. The number of pyridine rings is 1. The van der Waals surface area contributed by atoms with Gasteiger partial charge in [-0.3, -0.25) is 9.20 Å². The Hall–Kier alpha value is -1.88. The molecule has 112 valence electrons. The fourth-order valence-electron chi connectivity index (χ4n) is 2.78. The molecule has 21 heavy (non-hydrogen) atoms. The van der Waals surface area contributed by atoms with Crippen molar-refractivity contribution >= 4 is 11.6 Å². The van der Waals surface area contributed by atoms with E-state index in [4.69, 9.17) is 4.74 Å². The van der Waals surface area contributed by atoms with Gasteiger partial charge in [-0.05, 0) is 37.8 Å². The lowest BCUT2D eigenvalue weighted by atomic mass is 10.2. The molecule has 0 spiro atoms. The van der Waals surface area contributed by atoms with Crippen LogP contribution in [0.1, 0.15) is 41.5 Å². The summed E-state index contributed by atoms with van der Waals surface area (Å²) < 4.78 is 7.43. The molecule has 0 saturated carbocycles. The Morgan fingerprint density at radius 1 is 1.52 bits per heavy atom. The van der Waals surface area contributed by atoms with Crippen LogP contribution < -0.4 is 5.32 Å². The van der Waals surface area contributed by atoms with Gasteiger partial charge in [-0.1, -0.05) is 13.0 Å². The Balaban J connectivity index is 1.86. The van der Waals surface area contributed by atoms with E-state index in [-0.39, 0.29) is 12.0 Å². The molecule has 1 fully saturated rings. The summed E-state index contributed by atoms with van der Waals surface area (Å²) in [4.78, 5) is 17.1. The Morgan fingerprint density at radius 3 is 3.10 bits per heavy atom. The number of nitrogens with one attached hydrogen (secondary N) is 1. The van der Waals surface area contributed by atoms with Crippen molar-refractivity contribution in [1.29, 1.82) is 0 Å². The average molecular weight is 287 g/mol. The Bertz CT molecular complexity index is 657. The molecule has 1 amide bonds. The van der Waals surface area contributed by atoms with Gasteiger partial charge >= 0.3 is 0 Å². The van der Waals surface area contributed by atoms with Gasteiger partial charge in [-0.2, -0.15) is 0 Å². The van der Waals surface area contributed by atoms with Crippen LogP contribution in [0.25, 0.3) is 5.65 Å². The second kappa shape index (κ2) is 5.85. The molecule has 1 atom stereocenters. The molecule has 3 heterocycles. The van der Waals surface area contributed by atoms with Crippen LogP contribution in [0, 0.1) is 6.92 Å². The fourth-order valence-corrected chi connectivity index (χ4v) is 2.78. The van der Waals surface area contributed by atoms with E-state index in [1.807, 2.05) is 36.6 Å². The van der Waals surface area contributed by atoms with Crippen LogP contribution in [0.3, 0.4) is 0 Å². The first-order valence-corrected chi connectivity index (χ1v) is 7.56. The number of hydrogen-bond acceptors (Lipinski definition) is 3. The lowest BCUT2D eigenvalue weighted by Gasteiger charge is -2.11. The Labute approximate surface area is 124 Å². The van der Waals surface area contributed by atoms with E-state index in [1.54, 1.807) is 0 Å². The number of hydrogen-bond donors (Lipinski definition) is 1. The lowest BCUT2D eigenvalue weighted by Crippen LogP contribution is -2.33. The number of rotatable bonds is 4. The Kier molecular flexibility index (Phi) is 3.92. The van der Waals surface area contributed by atoms with E-state index in [2.05, 4.69) is 10.3 Å². The van der Waals surface area contributed by atoms with Crippen LogP contribution in [-0.2, 0) is 11.2 Å². The number of amides is 1. The van der Waals surface area contributed by atoms with Gasteiger partial charge in [0.25, 0.3) is 5.91 Å². The van der Waals surface area contributed by atoms with Crippen molar-refractivity contribution in [1.82, 2.24) is 14.7 Å². The number of nitrogens with zero attached hydrogens (tertiary/aromatic N) is 2. The molecule has 3 rings (SSSR count). The topological polar surface area (TPSA) is 55.6 Å². The molecule has 0 aromatic carbocycles. The summed E-state index contributed by atoms with van der Waals surface area (Å²) in [6, 6.07) is 3.96. The van der Waals surface area contributed by atoms with Crippen LogP contribution in [0.5, 0.6) is 0 Å². The van der Waals surface area contributed by atoms with Crippen molar-refractivity contribution in [2.24, 2.45) is 0 Å². The van der Waals surface area contributed by atoms with Gasteiger partial charge in [-0.15, -0.1) is 0 Å². The lowest BCUT2D eigenvalue weighted by molar-refractivity contribution is 0.0852. The van der Waals surface area contributed by atoms with E-state index in [0.29, 0.717) is 12.2 Å². The number of carbonyl (C=O) groups is 1. The molecule has 0 bridgehead atoms. The molecular weight excluding hydrogens is 266 g/mol. The fraction of sp³-hybridized carbons (Fsp3) is 0.500. The van der Waals surface area contributed by atoms with Gasteiger partial charge in [0.15, 0.2) is 0 Å². The van der Waals surface area contributed by atoms with Crippen LogP contribution in [-0.4, -0.2) is 34.5 Å². The predicted octanol–water partition coefficient (Wildman–Crippen LogP) is 2.11. The normalized spacial score (nSPS) is 18.3. The molecule has 2 aromatic heterocycles. The SMILES string of the molecule is CCc1nc2ccc(C)cn2c1C(=O)NCC1CCCO1. The highest BCUT2D eigenvalue weighted by Gasteiger charge is 2.21. The maximum atomic E-state index is 12.5. The summed E-state index contributed by atoms with van der Waals surface area (Å²) in [6.07, 6.45) is 4.95. The van der Waals surface area contributed by atoms with Gasteiger partial charge in [0, 0.05) is 19.3 Å². The summed E-state index contributed by atoms with van der Waals surface area (Å²) in [5.74, 6) is -0.0690. The maximum Gasteiger partial charge on any atom is 0.270 e. The number of ether oxygens (including phenoxy) is 1. The van der Waals surface area contributed by atoms with Gasteiger partial charge < -0.3 is 10.1 Å². The van der Waals surface area contributed by atoms with E-state index in [0.717, 1.165) is 42.8 Å². The smallest absolute Gasteiger partial charge is 0.270 e. The van der Waals surface area contributed by atoms with Crippen molar-refractivity contribution in [3.63, 3.8) is 0 Å². The molecule has 2 aromatic rings. The number of aromatic nitrogens is 2. The molecule has 1 aliphatic heterocycles. The van der Waals surface area contributed by atoms with E-state index in [9.17, 15) is 4.79 Å². The molecule has 0 radical (unpaired) electrons. The highest BCUT2D eigenvalue weighted by molar-refractivity contribution is 5.94. The first kappa shape index (κ1) is 14.1. The predicted molar refractivity (Wildman–Crippen MR) is 80.6 cm³/mol. The number of aryl methyl sites for hydroxylation is 2. The van der Waals surface area contributed by atoms with Crippen molar-refractivity contribution in [3.05, 3.63) is 35.3 Å². The number of imidazole rings is 1. The van der Waals surface area contributed by atoms with Crippen molar-refractivity contribution in [3.8, 4) is 0 Å². The summed E-state index contributed by atoms with van der Waals surface area (Å²) in [7, 11) is 0. The largest absolute Gasteiger partial charge is 0.376 e. The van der Waals surface area contributed by atoms with Crippen LogP contribution >= 0.6 is 0 Å². The van der Waals surface area contributed by atoms with Gasteiger partial charge in [0.1, 0.15) is 11.3 Å². The third-order valence-electron chi connectivity index (χ3n) is 3.90. The van der Waals surface area contributed by atoms with Crippen molar-refractivity contribution in [2.45, 2.75) is 39.2 Å². The highest BCUT2D eigenvalue weighted by atomic mass is 16.5.